The third kappa shape index (κ3) is 4.17. The predicted octanol–water partition coefficient (Wildman–Crippen LogP) is 2.73. The number of carbonyl (C=O) groups excluding carboxylic acids is 1. The molecule has 11 nitrogen and oxygen atoms in total. The molecule has 4 rings (SSSR count). The van der Waals surface area contributed by atoms with Crippen molar-refractivity contribution in [1.82, 2.24) is 35.7 Å². The minimum Gasteiger partial charge on any atom is -0.371 e. The first-order chi connectivity index (χ1) is 15.1. The number of nitrogens with one attached hydrogen (secondary N) is 4. The van der Waals surface area contributed by atoms with E-state index in [-0.39, 0.29) is 22.4 Å². The number of aromatic amines is 2. The first-order valence-electron chi connectivity index (χ1n) is 9.08. The van der Waals surface area contributed by atoms with Gasteiger partial charge in [0.2, 0.25) is 5.82 Å². The molecule has 12 heteroatoms. The number of hydrogen-bond donors (Lipinski definition) is 5. The average molecular weight is 441 g/mol. The van der Waals surface area contributed by atoms with E-state index in [1.54, 1.807) is 43.7 Å². The van der Waals surface area contributed by atoms with E-state index >= 15 is 0 Å². The number of nitrogens with zero attached hydrogens (tertiary/aromatic N) is 4. The molecule has 1 amide bonds. The van der Waals surface area contributed by atoms with Gasteiger partial charge in [0.15, 0.2) is 17.4 Å². The van der Waals surface area contributed by atoms with Crippen LogP contribution in [0.4, 0.5) is 5.82 Å². The average Bonchev–Trinajstić information content (AvgIpc) is 3.45. The summed E-state index contributed by atoms with van der Waals surface area (Å²) >= 11 is 6.14. The Morgan fingerprint density at radius 2 is 2.00 bits per heavy atom. The highest BCUT2D eigenvalue weighted by atomic mass is 35.5. The Hall–Kier alpha value is -3.96. The van der Waals surface area contributed by atoms with Crippen LogP contribution >= 0.6 is 11.6 Å². The first kappa shape index (κ1) is 20.3. The van der Waals surface area contributed by atoms with Gasteiger partial charge < -0.3 is 15.5 Å². The molecular weight excluding hydrogens is 424 g/mol. The van der Waals surface area contributed by atoms with Crippen LogP contribution in [-0.4, -0.2) is 48.6 Å². The van der Waals surface area contributed by atoms with Crippen LogP contribution in [0.3, 0.4) is 0 Å². The van der Waals surface area contributed by atoms with Crippen molar-refractivity contribution in [1.29, 1.82) is 0 Å². The Morgan fingerprint density at radius 1 is 1.19 bits per heavy atom. The van der Waals surface area contributed by atoms with Gasteiger partial charge in [0.1, 0.15) is 5.69 Å². The Balaban J connectivity index is 1.61. The minimum atomic E-state index is -0.405. The van der Waals surface area contributed by atoms with Crippen LogP contribution in [0.15, 0.2) is 42.7 Å². The maximum absolute atomic E-state index is 12.4. The number of H-pyrrole nitrogens is 2. The summed E-state index contributed by atoms with van der Waals surface area (Å²) in [6.07, 6.45) is 3.30. The van der Waals surface area contributed by atoms with Gasteiger partial charge in [-0.3, -0.25) is 20.0 Å². The number of benzene rings is 1. The maximum atomic E-state index is 12.4. The fourth-order valence-electron chi connectivity index (χ4n) is 2.94. The van der Waals surface area contributed by atoms with Crippen molar-refractivity contribution in [3.8, 4) is 28.4 Å². The highest BCUT2D eigenvalue weighted by molar-refractivity contribution is 6.32. The van der Waals surface area contributed by atoms with Crippen LogP contribution in [0, 0.1) is 0 Å². The van der Waals surface area contributed by atoms with E-state index < -0.39 is 5.91 Å². The zero-order chi connectivity index (χ0) is 21.8. The number of anilines is 1. The second-order valence-corrected chi connectivity index (χ2v) is 6.76. The van der Waals surface area contributed by atoms with Crippen LogP contribution in [0.1, 0.15) is 16.2 Å². The molecule has 4 aromatic rings. The lowest BCUT2D eigenvalue weighted by atomic mass is 10.0. The molecule has 3 heterocycles. The summed E-state index contributed by atoms with van der Waals surface area (Å²) in [5.74, 6) is 0.539. The van der Waals surface area contributed by atoms with Crippen molar-refractivity contribution < 1.29 is 14.9 Å². The summed E-state index contributed by atoms with van der Waals surface area (Å²) in [7, 11) is 1.71. The fourth-order valence-corrected chi connectivity index (χ4v) is 3.15. The van der Waals surface area contributed by atoms with Crippen molar-refractivity contribution in [2.45, 2.75) is 6.54 Å². The van der Waals surface area contributed by atoms with Crippen molar-refractivity contribution in [3.63, 3.8) is 0 Å². The zero-order valence-corrected chi connectivity index (χ0v) is 16.9. The van der Waals surface area contributed by atoms with Gasteiger partial charge in [-0.25, -0.2) is 10.2 Å². The van der Waals surface area contributed by atoms with E-state index in [1.165, 1.54) is 6.07 Å². The number of amides is 1. The summed E-state index contributed by atoms with van der Waals surface area (Å²) in [6, 6.07) is 8.43. The first-order valence-corrected chi connectivity index (χ1v) is 9.45. The second-order valence-electron chi connectivity index (χ2n) is 6.35. The standard InChI is InChI=1S/C19H17ClN8O3/c1-21-16-14(11-2-3-13(31-30)12(20)8-11)15(25-26-16)17-24-18(28-27-17)19(29)23-9-10-4-6-22-7-5-10/h2-8,30H,9H2,1H3,(H,23,29)(H2,21,25,26)(H,24,27,28). The van der Waals surface area contributed by atoms with Crippen LogP contribution in [-0.2, 0) is 6.54 Å². The van der Waals surface area contributed by atoms with Crippen LogP contribution in [0.25, 0.3) is 22.6 Å². The third-order valence-corrected chi connectivity index (χ3v) is 4.74. The molecule has 158 valence electrons. The molecule has 0 spiro atoms. The zero-order valence-electron chi connectivity index (χ0n) is 16.2. The molecule has 0 bridgehead atoms. The summed E-state index contributed by atoms with van der Waals surface area (Å²) in [6.45, 7) is 0.328. The lowest BCUT2D eigenvalue weighted by molar-refractivity contribution is -0.137. The number of halogens is 1. The van der Waals surface area contributed by atoms with Crippen molar-refractivity contribution >= 4 is 23.3 Å². The summed E-state index contributed by atoms with van der Waals surface area (Å²) in [5.41, 5.74) is 2.69. The highest BCUT2D eigenvalue weighted by Crippen LogP contribution is 2.37. The molecule has 3 aromatic heterocycles. The molecule has 5 N–H and O–H groups in total. The Bertz CT molecular complexity index is 1210. The van der Waals surface area contributed by atoms with Gasteiger partial charge in [-0.15, -0.1) is 0 Å². The molecule has 0 saturated heterocycles. The molecule has 1 aromatic carbocycles. The maximum Gasteiger partial charge on any atom is 0.288 e. The smallest absolute Gasteiger partial charge is 0.288 e. The van der Waals surface area contributed by atoms with Gasteiger partial charge >= 0.3 is 0 Å². The van der Waals surface area contributed by atoms with Gasteiger partial charge in [0, 0.05) is 26.0 Å². The van der Waals surface area contributed by atoms with E-state index in [4.69, 9.17) is 16.9 Å². The Kier molecular flexibility index (Phi) is 5.78. The molecule has 0 unspecified atom stereocenters. The number of aromatic nitrogens is 6. The Labute approximate surface area is 180 Å². The topological polar surface area (TPSA) is 154 Å². The van der Waals surface area contributed by atoms with Crippen molar-refractivity contribution in [2.75, 3.05) is 12.4 Å². The number of hydrogen-bond acceptors (Lipinski definition) is 8. The highest BCUT2D eigenvalue weighted by Gasteiger charge is 2.22. The van der Waals surface area contributed by atoms with Gasteiger partial charge in [-0.2, -0.15) is 10.2 Å². The molecule has 0 radical (unpaired) electrons. The summed E-state index contributed by atoms with van der Waals surface area (Å²) in [4.78, 5) is 24.9. The molecule has 0 aliphatic rings. The van der Waals surface area contributed by atoms with E-state index in [0.29, 0.717) is 29.2 Å². The summed E-state index contributed by atoms with van der Waals surface area (Å²) < 4.78 is 0. The lowest BCUT2D eigenvalue weighted by Crippen LogP contribution is -2.24. The van der Waals surface area contributed by atoms with Gasteiger partial charge in [-0.1, -0.05) is 17.7 Å². The predicted molar refractivity (Wildman–Crippen MR) is 113 cm³/mol. The second kappa shape index (κ2) is 8.81. The quantitative estimate of drug-likeness (QED) is 0.217. The normalized spacial score (nSPS) is 10.7. The van der Waals surface area contributed by atoms with Crippen LogP contribution in [0.5, 0.6) is 5.75 Å². The molecule has 0 saturated carbocycles. The molecule has 0 atom stereocenters. The molecule has 0 aliphatic heterocycles. The van der Waals surface area contributed by atoms with Gasteiger partial charge in [0.25, 0.3) is 5.91 Å². The van der Waals surface area contributed by atoms with Crippen molar-refractivity contribution in [3.05, 3.63) is 59.1 Å². The van der Waals surface area contributed by atoms with Gasteiger partial charge in [-0.05, 0) is 35.4 Å². The minimum absolute atomic E-state index is 0.0534. The van der Waals surface area contributed by atoms with Crippen molar-refractivity contribution in [2.24, 2.45) is 0 Å². The third-order valence-electron chi connectivity index (χ3n) is 4.45. The van der Waals surface area contributed by atoms with Crippen LogP contribution in [0.2, 0.25) is 5.02 Å². The van der Waals surface area contributed by atoms with Crippen LogP contribution < -0.4 is 15.5 Å². The molecule has 0 fully saturated rings. The SMILES string of the molecule is CNc1n[nH]c(-c2n[nH]c(C(=O)NCc3ccncc3)n2)c1-c1ccc(OO)c(Cl)c1. The largest absolute Gasteiger partial charge is 0.371 e. The van der Waals surface area contributed by atoms with E-state index in [0.717, 1.165) is 5.56 Å². The van der Waals surface area contributed by atoms with E-state index in [9.17, 15) is 4.79 Å². The lowest BCUT2D eigenvalue weighted by Gasteiger charge is -2.06. The van der Waals surface area contributed by atoms with E-state index in [2.05, 4.69) is 45.9 Å². The number of carbonyl (C=O) groups is 1. The summed E-state index contributed by atoms with van der Waals surface area (Å²) in [5, 5.41) is 28.7. The number of rotatable bonds is 7. The fraction of sp³-hybridized carbons (Fsp3) is 0.105. The molecular formula is C19H17ClN8O3. The number of pyridine rings is 1. The van der Waals surface area contributed by atoms with E-state index in [1.807, 2.05) is 0 Å². The molecule has 31 heavy (non-hydrogen) atoms. The van der Waals surface area contributed by atoms with Gasteiger partial charge in [0.05, 0.1) is 10.6 Å². The Morgan fingerprint density at radius 3 is 2.71 bits per heavy atom. The molecule has 0 aliphatic carbocycles. The monoisotopic (exact) mass is 440 g/mol.